The van der Waals surface area contributed by atoms with E-state index in [2.05, 4.69) is 16.8 Å². The number of aliphatic hydroxyl groups is 1. The standard InChI is InChI=1S/C13H13F3N4O3/c1-2-3-4-8(21)11-19-20-12(23-11)9-7(17)5-6(10(22)18-9)13(14,15)16/h2,5,8,21H,1,3-4,17H2,(H,18,22). The second-order valence-electron chi connectivity index (χ2n) is 4.67. The largest absolute Gasteiger partial charge is 0.421 e. The van der Waals surface area contributed by atoms with Crippen LogP contribution >= 0.6 is 0 Å². The quantitative estimate of drug-likeness (QED) is 0.722. The summed E-state index contributed by atoms with van der Waals surface area (Å²) in [6, 6.07) is 0.492. The van der Waals surface area contributed by atoms with Crippen molar-refractivity contribution in [1.29, 1.82) is 0 Å². The van der Waals surface area contributed by atoms with Gasteiger partial charge in [-0.2, -0.15) is 13.2 Å². The topological polar surface area (TPSA) is 118 Å². The molecule has 0 aliphatic carbocycles. The molecule has 1 unspecified atom stereocenters. The first-order valence-electron chi connectivity index (χ1n) is 6.46. The predicted molar refractivity (Wildman–Crippen MR) is 74.2 cm³/mol. The van der Waals surface area contributed by atoms with E-state index >= 15 is 0 Å². The molecule has 0 fully saturated rings. The molecule has 2 aromatic rings. The summed E-state index contributed by atoms with van der Waals surface area (Å²) in [6.07, 6.45) is -3.52. The molecule has 10 heteroatoms. The number of pyridine rings is 1. The fourth-order valence-corrected chi connectivity index (χ4v) is 1.80. The molecule has 2 heterocycles. The molecule has 1 atom stereocenters. The van der Waals surface area contributed by atoms with Crippen molar-refractivity contribution in [2.75, 3.05) is 5.73 Å². The third kappa shape index (κ3) is 3.59. The van der Waals surface area contributed by atoms with E-state index in [0.29, 0.717) is 12.5 Å². The van der Waals surface area contributed by atoms with Crippen molar-refractivity contribution in [1.82, 2.24) is 15.2 Å². The van der Waals surface area contributed by atoms with Crippen LogP contribution in [0.5, 0.6) is 0 Å². The molecular weight excluding hydrogens is 317 g/mol. The molecule has 0 aliphatic rings. The van der Waals surface area contributed by atoms with Gasteiger partial charge in [0.2, 0.25) is 5.89 Å². The number of nitrogens with one attached hydrogen (secondary N) is 1. The Labute approximate surface area is 127 Å². The number of halogens is 3. The average molecular weight is 330 g/mol. The maximum atomic E-state index is 12.6. The van der Waals surface area contributed by atoms with E-state index < -0.39 is 23.4 Å². The molecule has 0 radical (unpaired) electrons. The Morgan fingerprint density at radius 1 is 1.48 bits per heavy atom. The molecule has 23 heavy (non-hydrogen) atoms. The van der Waals surface area contributed by atoms with Gasteiger partial charge in [-0.3, -0.25) is 4.79 Å². The Bertz CT molecular complexity index is 767. The molecule has 0 saturated carbocycles. The van der Waals surface area contributed by atoms with Crippen LogP contribution in [0, 0.1) is 0 Å². The van der Waals surface area contributed by atoms with Gasteiger partial charge in [-0.1, -0.05) is 6.08 Å². The molecule has 0 amide bonds. The Balaban J connectivity index is 2.37. The zero-order chi connectivity index (χ0) is 17.2. The number of aromatic nitrogens is 3. The lowest BCUT2D eigenvalue weighted by atomic mass is 10.2. The van der Waals surface area contributed by atoms with Gasteiger partial charge in [0.1, 0.15) is 17.4 Å². The van der Waals surface area contributed by atoms with E-state index in [4.69, 9.17) is 10.2 Å². The van der Waals surface area contributed by atoms with E-state index in [1.807, 2.05) is 4.98 Å². The minimum absolute atomic E-state index is 0.137. The predicted octanol–water partition coefficient (Wildman–Crippen LogP) is 2.03. The summed E-state index contributed by atoms with van der Waals surface area (Å²) in [5, 5.41) is 17.0. The van der Waals surface area contributed by atoms with Crippen molar-refractivity contribution in [3.63, 3.8) is 0 Å². The molecule has 7 nitrogen and oxygen atoms in total. The first-order chi connectivity index (χ1) is 10.7. The van der Waals surface area contributed by atoms with E-state index in [1.165, 1.54) is 0 Å². The Morgan fingerprint density at radius 3 is 2.78 bits per heavy atom. The molecule has 0 aromatic carbocycles. The molecule has 2 aromatic heterocycles. The third-order valence-electron chi connectivity index (χ3n) is 2.96. The highest BCUT2D eigenvalue weighted by atomic mass is 19.4. The highest BCUT2D eigenvalue weighted by Gasteiger charge is 2.35. The van der Waals surface area contributed by atoms with Gasteiger partial charge in [0.15, 0.2) is 0 Å². The third-order valence-corrected chi connectivity index (χ3v) is 2.96. The lowest BCUT2D eigenvalue weighted by Gasteiger charge is -2.08. The molecule has 0 spiro atoms. The first kappa shape index (κ1) is 16.7. The summed E-state index contributed by atoms with van der Waals surface area (Å²) in [5.41, 5.74) is 2.08. The SMILES string of the molecule is C=CCCC(O)c1nnc(-c2[nH]c(=O)c(C(F)(F)F)cc2N)o1. The van der Waals surface area contributed by atoms with Gasteiger partial charge in [-0.15, -0.1) is 16.8 Å². The molecular formula is C13H13F3N4O3. The smallest absolute Gasteiger partial charge is 0.416 e. The van der Waals surface area contributed by atoms with Crippen LogP contribution in [0.25, 0.3) is 11.6 Å². The van der Waals surface area contributed by atoms with Gasteiger partial charge in [-0.25, -0.2) is 0 Å². The zero-order valence-corrected chi connectivity index (χ0v) is 11.7. The van der Waals surface area contributed by atoms with Gasteiger partial charge < -0.3 is 20.2 Å². The number of anilines is 1. The maximum Gasteiger partial charge on any atom is 0.421 e. The summed E-state index contributed by atoms with van der Waals surface area (Å²) in [6.45, 7) is 3.50. The van der Waals surface area contributed by atoms with Crippen LogP contribution in [0.3, 0.4) is 0 Å². The summed E-state index contributed by atoms with van der Waals surface area (Å²) < 4.78 is 43.0. The molecule has 2 rings (SSSR count). The number of H-pyrrole nitrogens is 1. The van der Waals surface area contributed by atoms with Crippen molar-refractivity contribution in [3.8, 4) is 11.6 Å². The van der Waals surface area contributed by atoms with E-state index in [0.717, 1.165) is 0 Å². The number of nitrogen functional groups attached to an aromatic ring is 1. The summed E-state index contributed by atoms with van der Waals surface area (Å²) in [7, 11) is 0. The van der Waals surface area contributed by atoms with Gasteiger partial charge in [0.25, 0.3) is 11.4 Å². The summed E-state index contributed by atoms with van der Waals surface area (Å²) >= 11 is 0. The number of nitrogens with two attached hydrogens (primary N) is 1. The Kier molecular flexibility index (Phi) is 4.55. The molecule has 0 aliphatic heterocycles. The molecule has 0 saturated heterocycles. The fraction of sp³-hybridized carbons (Fsp3) is 0.308. The van der Waals surface area contributed by atoms with Crippen LogP contribution in [0.15, 0.2) is 27.9 Å². The van der Waals surface area contributed by atoms with Crippen molar-refractivity contribution in [2.45, 2.75) is 25.1 Å². The number of nitrogens with zero attached hydrogens (tertiary/aromatic N) is 2. The van der Waals surface area contributed by atoms with Crippen LogP contribution in [-0.2, 0) is 6.18 Å². The van der Waals surface area contributed by atoms with Crippen molar-refractivity contribution in [3.05, 3.63) is 40.5 Å². The fourth-order valence-electron chi connectivity index (χ4n) is 1.80. The highest BCUT2D eigenvalue weighted by molar-refractivity contribution is 5.66. The van der Waals surface area contributed by atoms with Gasteiger partial charge >= 0.3 is 6.18 Å². The van der Waals surface area contributed by atoms with Crippen LogP contribution in [0.2, 0.25) is 0 Å². The maximum absolute atomic E-state index is 12.6. The van der Waals surface area contributed by atoms with E-state index in [9.17, 15) is 23.1 Å². The second kappa shape index (κ2) is 6.24. The molecule has 4 N–H and O–H groups in total. The number of hydrogen-bond donors (Lipinski definition) is 3. The van der Waals surface area contributed by atoms with Gasteiger partial charge in [0, 0.05) is 0 Å². The van der Waals surface area contributed by atoms with Crippen molar-refractivity contribution < 1.29 is 22.7 Å². The highest BCUT2D eigenvalue weighted by Crippen LogP contribution is 2.30. The molecule has 0 bridgehead atoms. The molecule has 124 valence electrons. The van der Waals surface area contributed by atoms with E-state index in [1.54, 1.807) is 6.08 Å². The first-order valence-corrected chi connectivity index (χ1v) is 6.46. The van der Waals surface area contributed by atoms with Crippen molar-refractivity contribution >= 4 is 5.69 Å². The number of aromatic amines is 1. The second-order valence-corrected chi connectivity index (χ2v) is 4.67. The zero-order valence-electron chi connectivity index (χ0n) is 11.7. The average Bonchev–Trinajstić information content (AvgIpc) is 2.95. The van der Waals surface area contributed by atoms with Gasteiger partial charge in [0.05, 0.1) is 5.69 Å². The Hall–Kier alpha value is -2.62. The number of allylic oxidation sites excluding steroid dienone is 1. The monoisotopic (exact) mass is 330 g/mol. The van der Waals surface area contributed by atoms with Crippen molar-refractivity contribution in [2.24, 2.45) is 0 Å². The number of aliphatic hydroxyl groups excluding tert-OH is 1. The summed E-state index contributed by atoms with van der Waals surface area (Å²) in [5.74, 6) is -0.428. The van der Waals surface area contributed by atoms with Crippen LogP contribution < -0.4 is 11.3 Å². The van der Waals surface area contributed by atoms with Crippen LogP contribution in [0.1, 0.15) is 30.4 Å². The lowest BCUT2D eigenvalue weighted by Crippen LogP contribution is -2.22. The number of rotatable bonds is 5. The number of hydrogen-bond acceptors (Lipinski definition) is 6. The van der Waals surface area contributed by atoms with Crippen LogP contribution in [0.4, 0.5) is 18.9 Å². The minimum atomic E-state index is -4.83. The normalized spacial score (nSPS) is 13.0. The van der Waals surface area contributed by atoms with E-state index in [-0.39, 0.29) is 29.6 Å². The lowest BCUT2D eigenvalue weighted by molar-refractivity contribution is -0.138. The Morgan fingerprint density at radius 2 is 2.17 bits per heavy atom. The number of alkyl halides is 3. The van der Waals surface area contributed by atoms with Gasteiger partial charge in [-0.05, 0) is 18.9 Å². The summed E-state index contributed by atoms with van der Waals surface area (Å²) in [4.78, 5) is 13.5. The van der Waals surface area contributed by atoms with Crippen LogP contribution in [-0.4, -0.2) is 20.3 Å². The minimum Gasteiger partial charge on any atom is -0.416 e.